The fraction of sp³-hybridized carbons (Fsp3) is 0.0588. The van der Waals surface area contributed by atoms with E-state index in [1.54, 1.807) is 17.1 Å². The molecule has 5 heteroatoms. The SMILES string of the molecule is O=C(Cc1cnn(-c2ccccc2)c1)c1ccc(O)cc1O. The number of hydrogen-bond donors (Lipinski definition) is 2. The quantitative estimate of drug-likeness (QED) is 0.725. The number of aromatic nitrogens is 2. The Labute approximate surface area is 127 Å². The van der Waals surface area contributed by atoms with Crippen molar-refractivity contribution in [2.75, 3.05) is 0 Å². The molecule has 3 aromatic rings. The van der Waals surface area contributed by atoms with E-state index in [-0.39, 0.29) is 29.3 Å². The highest BCUT2D eigenvalue weighted by atomic mass is 16.3. The van der Waals surface area contributed by atoms with Crippen molar-refractivity contribution in [1.82, 2.24) is 9.78 Å². The Hall–Kier alpha value is -3.08. The average Bonchev–Trinajstić information content (AvgIpc) is 2.96. The molecule has 0 saturated carbocycles. The summed E-state index contributed by atoms with van der Waals surface area (Å²) < 4.78 is 1.69. The van der Waals surface area contributed by atoms with Gasteiger partial charge in [0.15, 0.2) is 5.78 Å². The van der Waals surface area contributed by atoms with E-state index in [1.807, 2.05) is 30.3 Å². The Morgan fingerprint density at radius 1 is 1.09 bits per heavy atom. The largest absolute Gasteiger partial charge is 0.508 e. The Balaban J connectivity index is 1.79. The second-order valence-corrected chi connectivity index (χ2v) is 4.93. The molecule has 3 rings (SSSR count). The number of phenols is 2. The molecule has 1 aromatic heterocycles. The maximum absolute atomic E-state index is 12.2. The lowest BCUT2D eigenvalue weighted by molar-refractivity contribution is 0.0990. The van der Waals surface area contributed by atoms with Crippen LogP contribution in [0, 0.1) is 0 Å². The zero-order valence-corrected chi connectivity index (χ0v) is 11.7. The molecule has 22 heavy (non-hydrogen) atoms. The number of Topliss-reactive ketones (excluding diaryl/α,β-unsaturated/α-hetero) is 1. The second-order valence-electron chi connectivity index (χ2n) is 4.93. The van der Waals surface area contributed by atoms with E-state index in [2.05, 4.69) is 5.10 Å². The maximum Gasteiger partial charge on any atom is 0.171 e. The number of ketones is 1. The van der Waals surface area contributed by atoms with Crippen molar-refractivity contribution >= 4 is 5.78 Å². The number of nitrogens with zero attached hydrogens (tertiary/aromatic N) is 2. The fourth-order valence-corrected chi connectivity index (χ4v) is 2.21. The third-order valence-corrected chi connectivity index (χ3v) is 3.30. The van der Waals surface area contributed by atoms with Gasteiger partial charge in [0, 0.05) is 18.7 Å². The van der Waals surface area contributed by atoms with Crippen LogP contribution in [0.5, 0.6) is 11.5 Å². The Morgan fingerprint density at radius 2 is 1.86 bits per heavy atom. The van der Waals surface area contributed by atoms with Gasteiger partial charge in [-0.1, -0.05) is 18.2 Å². The minimum atomic E-state index is -0.231. The summed E-state index contributed by atoms with van der Waals surface area (Å²) in [4.78, 5) is 12.2. The number of hydrogen-bond acceptors (Lipinski definition) is 4. The Morgan fingerprint density at radius 3 is 2.59 bits per heavy atom. The molecule has 0 bridgehead atoms. The lowest BCUT2D eigenvalue weighted by Gasteiger charge is -2.03. The van der Waals surface area contributed by atoms with Crippen molar-refractivity contribution in [3.63, 3.8) is 0 Å². The molecule has 0 aliphatic heterocycles. The predicted octanol–water partition coefficient (Wildman–Crippen LogP) is 2.71. The smallest absolute Gasteiger partial charge is 0.171 e. The fourth-order valence-electron chi connectivity index (χ4n) is 2.21. The van der Waals surface area contributed by atoms with E-state index in [1.165, 1.54) is 12.1 Å². The van der Waals surface area contributed by atoms with Crippen LogP contribution in [-0.4, -0.2) is 25.8 Å². The highest BCUT2D eigenvalue weighted by molar-refractivity contribution is 5.99. The molecular weight excluding hydrogens is 280 g/mol. The predicted molar refractivity (Wildman–Crippen MR) is 81.4 cm³/mol. The number of carbonyl (C=O) groups is 1. The average molecular weight is 294 g/mol. The van der Waals surface area contributed by atoms with Gasteiger partial charge in [0.2, 0.25) is 0 Å². The van der Waals surface area contributed by atoms with Crippen molar-refractivity contribution in [3.05, 3.63) is 72.1 Å². The third kappa shape index (κ3) is 2.83. The van der Waals surface area contributed by atoms with Gasteiger partial charge in [-0.15, -0.1) is 0 Å². The van der Waals surface area contributed by atoms with Gasteiger partial charge in [0.05, 0.1) is 17.4 Å². The second kappa shape index (κ2) is 5.73. The molecule has 0 unspecified atom stereocenters. The molecule has 5 nitrogen and oxygen atoms in total. The van der Waals surface area contributed by atoms with Crippen molar-refractivity contribution < 1.29 is 15.0 Å². The molecule has 0 radical (unpaired) electrons. The van der Waals surface area contributed by atoms with E-state index < -0.39 is 0 Å². The molecule has 0 aliphatic carbocycles. The summed E-state index contributed by atoms with van der Waals surface area (Å²) in [6.07, 6.45) is 3.54. The number of para-hydroxylation sites is 1. The minimum absolute atomic E-state index is 0.0778. The van der Waals surface area contributed by atoms with Gasteiger partial charge in [0.25, 0.3) is 0 Å². The number of aromatic hydroxyl groups is 2. The van der Waals surface area contributed by atoms with Crippen molar-refractivity contribution in [3.8, 4) is 17.2 Å². The van der Waals surface area contributed by atoms with Gasteiger partial charge >= 0.3 is 0 Å². The number of rotatable bonds is 4. The van der Waals surface area contributed by atoms with Crippen LogP contribution < -0.4 is 0 Å². The van der Waals surface area contributed by atoms with Crippen LogP contribution >= 0.6 is 0 Å². The number of phenolic OH excluding ortho intramolecular Hbond substituents is 2. The molecule has 2 N–H and O–H groups in total. The van der Waals surface area contributed by atoms with Crippen molar-refractivity contribution in [2.45, 2.75) is 6.42 Å². The normalized spacial score (nSPS) is 10.5. The van der Waals surface area contributed by atoms with Crippen LogP contribution in [0.25, 0.3) is 5.69 Å². The van der Waals surface area contributed by atoms with E-state index in [4.69, 9.17) is 0 Å². The van der Waals surface area contributed by atoms with Gasteiger partial charge in [-0.2, -0.15) is 5.10 Å². The van der Waals surface area contributed by atoms with E-state index >= 15 is 0 Å². The number of carbonyl (C=O) groups excluding carboxylic acids is 1. The summed E-state index contributed by atoms with van der Waals surface area (Å²) >= 11 is 0. The zero-order valence-electron chi connectivity index (χ0n) is 11.7. The van der Waals surface area contributed by atoms with E-state index in [0.717, 1.165) is 17.3 Å². The lowest BCUT2D eigenvalue weighted by Crippen LogP contribution is -2.03. The van der Waals surface area contributed by atoms with Gasteiger partial charge < -0.3 is 10.2 Å². The monoisotopic (exact) mass is 294 g/mol. The summed E-state index contributed by atoms with van der Waals surface area (Å²) in [5.41, 5.74) is 1.85. The molecule has 1 heterocycles. The molecule has 110 valence electrons. The Bertz CT molecular complexity index is 810. The summed E-state index contributed by atoms with van der Waals surface area (Å²) in [5.74, 6) is -0.531. The molecule has 0 saturated heterocycles. The lowest BCUT2D eigenvalue weighted by atomic mass is 10.0. The summed E-state index contributed by atoms with van der Waals surface area (Å²) in [6, 6.07) is 13.5. The van der Waals surface area contributed by atoms with Crippen molar-refractivity contribution in [2.24, 2.45) is 0 Å². The first kappa shape index (κ1) is 13.9. The molecule has 0 fully saturated rings. The maximum atomic E-state index is 12.2. The summed E-state index contributed by atoms with van der Waals surface area (Å²) in [5, 5.41) is 23.2. The first-order chi connectivity index (χ1) is 10.6. The summed E-state index contributed by atoms with van der Waals surface area (Å²) in [7, 11) is 0. The molecule has 0 amide bonds. The van der Waals surface area contributed by atoms with Crippen LogP contribution in [-0.2, 0) is 6.42 Å². The molecular formula is C17H14N2O3. The molecule has 0 spiro atoms. The third-order valence-electron chi connectivity index (χ3n) is 3.30. The van der Waals surface area contributed by atoms with Gasteiger partial charge in [0.1, 0.15) is 11.5 Å². The first-order valence-corrected chi connectivity index (χ1v) is 6.77. The zero-order chi connectivity index (χ0) is 15.5. The molecule has 2 aromatic carbocycles. The standard InChI is InChI=1S/C17H14N2O3/c20-14-6-7-15(17(22)9-14)16(21)8-12-10-18-19(11-12)13-4-2-1-3-5-13/h1-7,9-11,20,22H,8H2. The topological polar surface area (TPSA) is 75.4 Å². The molecule has 0 atom stereocenters. The number of benzene rings is 2. The van der Waals surface area contributed by atoms with Crippen LogP contribution in [0.2, 0.25) is 0 Å². The van der Waals surface area contributed by atoms with Crippen LogP contribution in [0.4, 0.5) is 0 Å². The highest BCUT2D eigenvalue weighted by Crippen LogP contribution is 2.24. The van der Waals surface area contributed by atoms with E-state index in [0.29, 0.717) is 0 Å². The van der Waals surface area contributed by atoms with Crippen LogP contribution in [0.1, 0.15) is 15.9 Å². The van der Waals surface area contributed by atoms with Gasteiger partial charge in [-0.3, -0.25) is 4.79 Å². The van der Waals surface area contributed by atoms with E-state index in [9.17, 15) is 15.0 Å². The van der Waals surface area contributed by atoms with Crippen molar-refractivity contribution in [1.29, 1.82) is 0 Å². The summed E-state index contributed by atoms with van der Waals surface area (Å²) in [6.45, 7) is 0. The van der Waals surface area contributed by atoms with Gasteiger partial charge in [-0.25, -0.2) is 4.68 Å². The Kier molecular flexibility index (Phi) is 3.62. The van der Waals surface area contributed by atoms with Crippen LogP contribution in [0.15, 0.2) is 60.9 Å². The minimum Gasteiger partial charge on any atom is -0.508 e. The van der Waals surface area contributed by atoms with Crippen LogP contribution in [0.3, 0.4) is 0 Å². The first-order valence-electron chi connectivity index (χ1n) is 6.77. The van der Waals surface area contributed by atoms with Gasteiger partial charge in [-0.05, 0) is 29.8 Å². The highest BCUT2D eigenvalue weighted by Gasteiger charge is 2.13. The molecule has 0 aliphatic rings.